The molecule has 0 saturated carbocycles. The topological polar surface area (TPSA) is 59.4 Å². The predicted octanol–water partition coefficient (Wildman–Crippen LogP) is 3.24. The van der Waals surface area contributed by atoms with Crippen LogP contribution in [0.2, 0.25) is 0 Å². The van der Waals surface area contributed by atoms with Crippen LogP contribution in [0.15, 0.2) is 35.7 Å². The van der Waals surface area contributed by atoms with Crippen molar-refractivity contribution < 1.29 is 14.6 Å². The lowest BCUT2D eigenvalue weighted by atomic mass is 9.90. The first-order valence-corrected chi connectivity index (χ1v) is 7.12. The maximum atomic E-state index is 11.3. The van der Waals surface area contributed by atoms with E-state index in [0.717, 1.165) is 10.6 Å². The molecule has 0 aliphatic rings. The van der Waals surface area contributed by atoms with Crippen molar-refractivity contribution in [3.63, 3.8) is 0 Å². The van der Waals surface area contributed by atoms with Gasteiger partial charge in [-0.15, -0.1) is 11.3 Å². The Bertz CT molecular complexity index is 592. The summed E-state index contributed by atoms with van der Waals surface area (Å²) in [6.45, 7) is 3.30. The fraction of sp³-hybridized carbons (Fsp3) is 0.333. The molecule has 0 saturated heterocycles. The number of hydrogen-bond acceptors (Lipinski definition) is 4. The number of ether oxygens (including phenoxy) is 1. The highest BCUT2D eigenvalue weighted by molar-refractivity contribution is 7.09. The second kappa shape index (κ2) is 5.73. The van der Waals surface area contributed by atoms with Crippen LogP contribution in [0.5, 0.6) is 0 Å². The van der Waals surface area contributed by atoms with Crippen LogP contribution in [0.25, 0.3) is 0 Å². The summed E-state index contributed by atoms with van der Waals surface area (Å²) < 4.78 is 5.51. The zero-order chi connectivity index (χ0) is 14.8. The van der Waals surface area contributed by atoms with Gasteiger partial charge in [0.15, 0.2) is 0 Å². The van der Waals surface area contributed by atoms with Gasteiger partial charge in [-0.1, -0.05) is 30.3 Å². The molecule has 0 radical (unpaired) electrons. The first-order valence-electron chi connectivity index (χ1n) is 6.24. The number of carbonyl (C=O) groups is 1. The summed E-state index contributed by atoms with van der Waals surface area (Å²) in [6, 6.07) is 9.76. The molecule has 0 aliphatic heterocycles. The summed E-state index contributed by atoms with van der Waals surface area (Å²) in [6.07, 6.45) is -0.264. The summed E-state index contributed by atoms with van der Waals surface area (Å²) in [5.74, 6) is -0.886. The molecule has 1 N–H and O–H groups in total. The summed E-state index contributed by atoms with van der Waals surface area (Å²) in [7, 11) is 1.63. The maximum absolute atomic E-state index is 11.3. The van der Waals surface area contributed by atoms with Crippen LogP contribution in [-0.2, 0) is 14.9 Å². The Kier molecular flexibility index (Phi) is 4.20. The van der Waals surface area contributed by atoms with E-state index >= 15 is 0 Å². The molecular formula is C15H17NO3S. The van der Waals surface area contributed by atoms with E-state index in [1.165, 1.54) is 11.3 Å². The molecule has 2 rings (SSSR count). The third-order valence-electron chi connectivity index (χ3n) is 3.26. The van der Waals surface area contributed by atoms with Gasteiger partial charge in [-0.25, -0.2) is 4.98 Å². The van der Waals surface area contributed by atoms with Crippen LogP contribution in [0.3, 0.4) is 0 Å². The third kappa shape index (κ3) is 2.73. The van der Waals surface area contributed by atoms with E-state index < -0.39 is 11.4 Å². The highest BCUT2D eigenvalue weighted by Gasteiger charge is 2.33. The van der Waals surface area contributed by atoms with E-state index in [2.05, 4.69) is 4.98 Å². The minimum absolute atomic E-state index is 0.264. The number of benzene rings is 1. The first kappa shape index (κ1) is 14.7. The molecular weight excluding hydrogens is 274 g/mol. The molecule has 1 aromatic heterocycles. The van der Waals surface area contributed by atoms with E-state index in [9.17, 15) is 9.90 Å². The number of nitrogens with zero attached hydrogens (tertiary/aromatic N) is 1. The molecule has 1 aromatic carbocycles. The van der Waals surface area contributed by atoms with Crippen LogP contribution in [-0.4, -0.2) is 23.2 Å². The van der Waals surface area contributed by atoms with Crippen molar-refractivity contribution in [1.29, 1.82) is 0 Å². The molecule has 2 aromatic rings. The Morgan fingerprint density at radius 1 is 1.35 bits per heavy atom. The minimum Gasteiger partial charge on any atom is -0.481 e. The number of rotatable bonds is 5. The monoisotopic (exact) mass is 291 g/mol. The van der Waals surface area contributed by atoms with Gasteiger partial charge >= 0.3 is 5.97 Å². The number of hydrogen-bond donors (Lipinski definition) is 1. The molecule has 0 aliphatic carbocycles. The van der Waals surface area contributed by atoms with E-state index in [1.54, 1.807) is 26.3 Å². The summed E-state index contributed by atoms with van der Waals surface area (Å²) in [4.78, 5) is 15.7. The third-order valence-corrected chi connectivity index (χ3v) is 4.15. The van der Waals surface area contributed by atoms with Gasteiger partial charge < -0.3 is 9.84 Å². The van der Waals surface area contributed by atoms with E-state index in [1.807, 2.05) is 30.3 Å². The molecule has 0 spiro atoms. The van der Waals surface area contributed by atoms with Crippen molar-refractivity contribution in [1.82, 2.24) is 4.98 Å². The van der Waals surface area contributed by atoms with Crippen molar-refractivity contribution in [2.45, 2.75) is 25.4 Å². The lowest BCUT2D eigenvalue weighted by Gasteiger charge is -2.16. The van der Waals surface area contributed by atoms with Crippen molar-refractivity contribution in [2.24, 2.45) is 0 Å². The number of carboxylic acid groups (broad SMARTS) is 1. The standard InChI is InChI=1S/C15H17NO3S/c1-15(2,14(17)18)11-9-20-13(16-11)12(19-3)10-7-5-4-6-8-10/h4-9,12H,1-3H3,(H,17,18). The zero-order valence-electron chi connectivity index (χ0n) is 11.7. The van der Waals surface area contributed by atoms with Gasteiger partial charge in [0.2, 0.25) is 0 Å². The molecule has 0 amide bonds. The predicted molar refractivity (Wildman–Crippen MR) is 78.1 cm³/mol. The number of methoxy groups -OCH3 is 1. The minimum atomic E-state index is -0.996. The Morgan fingerprint density at radius 2 is 2.00 bits per heavy atom. The Morgan fingerprint density at radius 3 is 2.55 bits per heavy atom. The molecule has 1 atom stereocenters. The first-order chi connectivity index (χ1) is 9.46. The number of aromatic nitrogens is 1. The van der Waals surface area contributed by atoms with Crippen molar-refractivity contribution in [3.8, 4) is 0 Å². The second-order valence-corrected chi connectivity index (χ2v) is 5.92. The Labute approximate surface area is 122 Å². The van der Waals surface area contributed by atoms with Crippen LogP contribution < -0.4 is 0 Å². The highest BCUT2D eigenvalue weighted by atomic mass is 32.1. The number of carboxylic acids is 1. The maximum Gasteiger partial charge on any atom is 0.315 e. The molecule has 4 nitrogen and oxygen atoms in total. The van der Waals surface area contributed by atoms with Gasteiger partial charge in [0.25, 0.3) is 0 Å². The van der Waals surface area contributed by atoms with Gasteiger partial charge in [0, 0.05) is 12.5 Å². The van der Waals surface area contributed by atoms with Gasteiger partial charge in [-0.2, -0.15) is 0 Å². The van der Waals surface area contributed by atoms with Gasteiger partial charge in [0.05, 0.1) is 5.69 Å². The van der Waals surface area contributed by atoms with Crippen LogP contribution in [0, 0.1) is 0 Å². The molecule has 0 fully saturated rings. The fourth-order valence-electron chi connectivity index (χ4n) is 1.81. The quantitative estimate of drug-likeness (QED) is 0.918. The number of aliphatic carboxylic acids is 1. The molecule has 20 heavy (non-hydrogen) atoms. The largest absolute Gasteiger partial charge is 0.481 e. The summed E-state index contributed by atoms with van der Waals surface area (Å²) in [5.41, 5.74) is 0.566. The zero-order valence-corrected chi connectivity index (χ0v) is 12.5. The van der Waals surface area contributed by atoms with Crippen LogP contribution >= 0.6 is 11.3 Å². The van der Waals surface area contributed by atoms with E-state index in [4.69, 9.17) is 4.74 Å². The van der Waals surface area contributed by atoms with E-state index in [0.29, 0.717) is 5.69 Å². The van der Waals surface area contributed by atoms with Gasteiger partial charge in [-0.05, 0) is 19.4 Å². The smallest absolute Gasteiger partial charge is 0.315 e. The second-order valence-electron chi connectivity index (χ2n) is 5.03. The lowest BCUT2D eigenvalue weighted by molar-refractivity contribution is -0.142. The number of thiazole rings is 1. The van der Waals surface area contributed by atoms with E-state index in [-0.39, 0.29) is 6.10 Å². The Balaban J connectivity index is 2.34. The normalized spacial score (nSPS) is 13.2. The molecule has 106 valence electrons. The molecule has 1 heterocycles. The average molecular weight is 291 g/mol. The van der Waals surface area contributed by atoms with Gasteiger partial charge in [0.1, 0.15) is 16.5 Å². The average Bonchev–Trinajstić information content (AvgIpc) is 2.91. The summed E-state index contributed by atoms with van der Waals surface area (Å²) in [5, 5.41) is 11.8. The lowest BCUT2D eigenvalue weighted by Crippen LogP contribution is -2.29. The van der Waals surface area contributed by atoms with Crippen LogP contribution in [0.4, 0.5) is 0 Å². The van der Waals surface area contributed by atoms with Gasteiger partial charge in [-0.3, -0.25) is 4.79 Å². The Hall–Kier alpha value is -1.72. The van der Waals surface area contributed by atoms with Crippen molar-refractivity contribution in [2.75, 3.05) is 7.11 Å². The highest BCUT2D eigenvalue weighted by Crippen LogP contribution is 2.32. The van der Waals surface area contributed by atoms with Crippen LogP contribution in [0.1, 0.15) is 36.2 Å². The molecule has 0 bridgehead atoms. The fourth-order valence-corrected chi connectivity index (χ4v) is 2.90. The van der Waals surface area contributed by atoms with Crippen molar-refractivity contribution >= 4 is 17.3 Å². The summed E-state index contributed by atoms with van der Waals surface area (Å²) >= 11 is 1.42. The molecule has 1 unspecified atom stereocenters. The SMILES string of the molecule is COC(c1ccccc1)c1nc(C(C)(C)C(=O)O)cs1. The molecule has 5 heteroatoms. The van der Waals surface area contributed by atoms with Crippen molar-refractivity contribution in [3.05, 3.63) is 52.0 Å².